The predicted molar refractivity (Wildman–Crippen MR) is 81.3 cm³/mol. The fourth-order valence-electron chi connectivity index (χ4n) is 2.45. The minimum atomic E-state index is 0.527. The Morgan fingerprint density at radius 3 is 2.84 bits per heavy atom. The van der Waals surface area contributed by atoms with Crippen LogP contribution in [0.4, 0.5) is 0 Å². The number of benzene rings is 1. The highest BCUT2D eigenvalue weighted by Gasteiger charge is 2.15. The Bertz CT molecular complexity index is 724. The summed E-state index contributed by atoms with van der Waals surface area (Å²) in [6, 6.07) is 8.38. The number of imidazole rings is 1. The van der Waals surface area contributed by atoms with E-state index in [-0.39, 0.29) is 0 Å². The van der Waals surface area contributed by atoms with Gasteiger partial charge in [-0.15, -0.1) is 11.3 Å². The van der Waals surface area contributed by atoms with E-state index >= 15 is 0 Å². The molecule has 2 aromatic heterocycles. The van der Waals surface area contributed by atoms with Crippen LogP contribution in [0.2, 0.25) is 0 Å². The summed E-state index contributed by atoms with van der Waals surface area (Å²) >= 11 is 1.76. The first kappa shape index (κ1) is 12.4. The summed E-state index contributed by atoms with van der Waals surface area (Å²) in [4.78, 5) is 6.10. The molecular formula is C15H17N3S. The van der Waals surface area contributed by atoms with E-state index in [1.54, 1.807) is 11.3 Å². The topological polar surface area (TPSA) is 43.8 Å². The molecule has 0 atom stereocenters. The van der Waals surface area contributed by atoms with Gasteiger partial charge in [0, 0.05) is 13.6 Å². The monoisotopic (exact) mass is 271 g/mol. The van der Waals surface area contributed by atoms with Gasteiger partial charge in [0.25, 0.3) is 0 Å². The molecule has 19 heavy (non-hydrogen) atoms. The minimum absolute atomic E-state index is 0.527. The molecule has 3 aromatic rings. The highest BCUT2D eigenvalue weighted by Crippen LogP contribution is 2.32. The maximum absolute atomic E-state index is 5.80. The van der Waals surface area contributed by atoms with Gasteiger partial charge in [-0.2, -0.15) is 0 Å². The van der Waals surface area contributed by atoms with Crippen LogP contribution in [0.15, 0.2) is 29.6 Å². The molecule has 2 N–H and O–H groups in total. The number of nitrogens with zero attached hydrogens (tertiary/aromatic N) is 2. The predicted octanol–water partition coefficient (Wildman–Crippen LogP) is 3.32. The number of thiophene rings is 1. The van der Waals surface area contributed by atoms with Gasteiger partial charge in [0.1, 0.15) is 0 Å². The van der Waals surface area contributed by atoms with Crippen molar-refractivity contribution >= 4 is 22.4 Å². The van der Waals surface area contributed by atoms with Crippen molar-refractivity contribution in [1.29, 1.82) is 0 Å². The molecule has 3 rings (SSSR count). The molecule has 1 aromatic carbocycles. The van der Waals surface area contributed by atoms with E-state index in [2.05, 4.69) is 36.1 Å². The Morgan fingerprint density at radius 1 is 1.26 bits per heavy atom. The zero-order valence-corrected chi connectivity index (χ0v) is 12.0. The van der Waals surface area contributed by atoms with Crippen LogP contribution in [0.5, 0.6) is 0 Å². The van der Waals surface area contributed by atoms with E-state index in [1.807, 2.05) is 12.1 Å². The van der Waals surface area contributed by atoms with E-state index in [4.69, 9.17) is 10.7 Å². The maximum atomic E-state index is 5.80. The van der Waals surface area contributed by atoms with Gasteiger partial charge >= 0.3 is 0 Å². The van der Waals surface area contributed by atoms with Crippen LogP contribution in [0.25, 0.3) is 21.7 Å². The molecule has 0 fully saturated rings. The van der Waals surface area contributed by atoms with Crippen LogP contribution < -0.4 is 5.73 Å². The smallest absolute Gasteiger partial charge is 0.151 e. The lowest BCUT2D eigenvalue weighted by Gasteiger charge is -2.02. The van der Waals surface area contributed by atoms with Gasteiger partial charge in [-0.05, 0) is 35.1 Å². The molecule has 0 saturated heterocycles. The molecule has 0 amide bonds. The fraction of sp³-hybridized carbons (Fsp3) is 0.267. The molecule has 0 spiro atoms. The van der Waals surface area contributed by atoms with Gasteiger partial charge in [-0.25, -0.2) is 4.98 Å². The van der Waals surface area contributed by atoms with Crippen molar-refractivity contribution in [2.24, 2.45) is 12.8 Å². The number of fused-ring (bicyclic) bond motifs is 1. The summed E-state index contributed by atoms with van der Waals surface area (Å²) in [5.74, 6) is 1.04. The molecule has 3 nitrogen and oxygen atoms in total. The summed E-state index contributed by atoms with van der Waals surface area (Å²) < 4.78 is 2.17. The van der Waals surface area contributed by atoms with Crippen molar-refractivity contribution in [3.05, 3.63) is 40.8 Å². The number of aryl methyl sites for hydroxylation is 2. The summed E-state index contributed by atoms with van der Waals surface area (Å²) in [7, 11) is 2.07. The molecule has 0 unspecified atom stereocenters. The molecule has 0 aliphatic rings. The normalized spacial score (nSPS) is 11.3. The molecule has 4 heteroatoms. The lowest BCUT2D eigenvalue weighted by molar-refractivity contribution is 0.958. The van der Waals surface area contributed by atoms with Crippen molar-refractivity contribution in [3.8, 4) is 10.7 Å². The summed E-state index contributed by atoms with van der Waals surface area (Å²) in [6.07, 6.45) is 1.03. The van der Waals surface area contributed by atoms with E-state index in [1.165, 1.54) is 10.4 Å². The SMILES string of the molecule is CCc1ccsc1-c1nc2c(CN)cccc2n1C. The lowest BCUT2D eigenvalue weighted by atomic mass is 10.2. The third-order valence-electron chi connectivity index (χ3n) is 3.55. The van der Waals surface area contributed by atoms with Crippen molar-refractivity contribution in [3.63, 3.8) is 0 Å². The Hall–Kier alpha value is -1.65. The van der Waals surface area contributed by atoms with Gasteiger partial charge < -0.3 is 10.3 Å². The Labute approximate surface area is 116 Å². The fourth-order valence-corrected chi connectivity index (χ4v) is 3.47. The van der Waals surface area contributed by atoms with E-state index in [0.717, 1.165) is 28.8 Å². The first-order valence-corrected chi connectivity index (χ1v) is 7.35. The van der Waals surface area contributed by atoms with Crippen molar-refractivity contribution in [2.45, 2.75) is 19.9 Å². The Balaban J connectivity index is 2.28. The highest BCUT2D eigenvalue weighted by molar-refractivity contribution is 7.13. The van der Waals surface area contributed by atoms with Crippen LogP contribution in [-0.2, 0) is 20.0 Å². The largest absolute Gasteiger partial charge is 0.326 e. The van der Waals surface area contributed by atoms with E-state index in [0.29, 0.717) is 6.54 Å². The molecule has 2 heterocycles. The second kappa shape index (κ2) is 4.79. The summed E-state index contributed by atoms with van der Waals surface area (Å²) in [5.41, 5.74) is 10.4. The van der Waals surface area contributed by atoms with Gasteiger partial charge in [0.05, 0.1) is 15.9 Å². The molecule has 0 aliphatic heterocycles. The first-order valence-electron chi connectivity index (χ1n) is 6.47. The molecule has 0 bridgehead atoms. The third-order valence-corrected chi connectivity index (χ3v) is 4.50. The molecule has 98 valence electrons. The van der Waals surface area contributed by atoms with Gasteiger partial charge in [-0.1, -0.05) is 19.1 Å². The number of hydrogen-bond acceptors (Lipinski definition) is 3. The minimum Gasteiger partial charge on any atom is -0.326 e. The van der Waals surface area contributed by atoms with E-state index in [9.17, 15) is 0 Å². The lowest BCUT2D eigenvalue weighted by Crippen LogP contribution is -1.97. The van der Waals surface area contributed by atoms with Crippen LogP contribution in [0, 0.1) is 0 Å². The average molecular weight is 271 g/mol. The molecule has 0 radical (unpaired) electrons. The highest BCUT2D eigenvalue weighted by atomic mass is 32.1. The standard InChI is InChI=1S/C15H17N3S/c1-3-10-7-8-19-14(10)15-17-13-11(9-16)5-4-6-12(13)18(15)2/h4-8H,3,9,16H2,1-2H3. The number of nitrogens with two attached hydrogens (primary N) is 1. The summed E-state index contributed by atoms with van der Waals surface area (Å²) in [6.45, 7) is 2.71. The van der Waals surface area contributed by atoms with Gasteiger partial charge in [-0.3, -0.25) is 0 Å². The van der Waals surface area contributed by atoms with E-state index < -0.39 is 0 Å². The van der Waals surface area contributed by atoms with Crippen LogP contribution >= 0.6 is 11.3 Å². The second-order valence-corrected chi connectivity index (χ2v) is 5.53. The molecule has 0 saturated carbocycles. The zero-order valence-electron chi connectivity index (χ0n) is 11.2. The molecule has 0 aliphatic carbocycles. The maximum Gasteiger partial charge on any atom is 0.151 e. The average Bonchev–Trinajstić information content (AvgIpc) is 3.03. The quantitative estimate of drug-likeness (QED) is 0.794. The number of hydrogen-bond donors (Lipinski definition) is 1. The molecular weight excluding hydrogens is 254 g/mol. The van der Waals surface area contributed by atoms with Gasteiger partial charge in [0.15, 0.2) is 5.82 Å². The van der Waals surface area contributed by atoms with Crippen molar-refractivity contribution in [2.75, 3.05) is 0 Å². The second-order valence-electron chi connectivity index (χ2n) is 4.61. The van der Waals surface area contributed by atoms with Crippen molar-refractivity contribution in [1.82, 2.24) is 9.55 Å². The third kappa shape index (κ3) is 1.88. The van der Waals surface area contributed by atoms with Crippen LogP contribution in [0.3, 0.4) is 0 Å². The summed E-state index contributed by atoms with van der Waals surface area (Å²) in [5, 5.41) is 2.14. The number of para-hydroxylation sites is 1. The Kier molecular flexibility index (Phi) is 3.12. The zero-order chi connectivity index (χ0) is 13.4. The first-order chi connectivity index (χ1) is 9.26. The van der Waals surface area contributed by atoms with Gasteiger partial charge in [0.2, 0.25) is 0 Å². The Morgan fingerprint density at radius 2 is 2.11 bits per heavy atom. The van der Waals surface area contributed by atoms with Crippen LogP contribution in [0.1, 0.15) is 18.1 Å². The number of aromatic nitrogens is 2. The van der Waals surface area contributed by atoms with Crippen molar-refractivity contribution < 1.29 is 0 Å². The number of rotatable bonds is 3. The van der Waals surface area contributed by atoms with Crippen LogP contribution in [-0.4, -0.2) is 9.55 Å².